The molecule has 0 radical (unpaired) electrons. The van der Waals surface area contributed by atoms with E-state index in [9.17, 15) is 4.79 Å². The highest BCUT2D eigenvalue weighted by Gasteiger charge is 2.03. The minimum atomic E-state index is -0.177. The molecule has 0 saturated heterocycles. The second kappa shape index (κ2) is 3.74. The number of nitrogens with zero attached hydrogens (tertiary/aromatic N) is 1. The van der Waals surface area contributed by atoms with Crippen molar-refractivity contribution < 1.29 is 4.79 Å². The summed E-state index contributed by atoms with van der Waals surface area (Å²) in [6.45, 7) is 0. The lowest BCUT2D eigenvalue weighted by Crippen LogP contribution is -2.31. The number of nitrogens with two attached hydrogens (primary N) is 1. The lowest BCUT2D eigenvalue weighted by molar-refractivity contribution is -0.120. The summed E-state index contributed by atoms with van der Waals surface area (Å²) in [5.41, 5.74) is 4.21. The second-order valence-electron chi connectivity index (χ2n) is 3.56. The van der Waals surface area contributed by atoms with E-state index in [0.717, 1.165) is 11.1 Å². The van der Waals surface area contributed by atoms with Crippen LogP contribution in [-0.4, -0.2) is 10.5 Å². The number of aromatic nitrogens is 1. The normalized spacial score (nSPS) is 10.5. The monoisotopic (exact) mass is 203 g/mol. The summed E-state index contributed by atoms with van der Waals surface area (Å²) in [6, 6.07) is 8.00. The summed E-state index contributed by atoms with van der Waals surface area (Å²) in [7, 11) is 1.98. The second-order valence-corrected chi connectivity index (χ2v) is 3.56. The number of hydrazine groups is 1. The van der Waals surface area contributed by atoms with Crippen molar-refractivity contribution in [3.05, 3.63) is 36.0 Å². The molecular formula is C11H13N3O. The molecule has 78 valence electrons. The van der Waals surface area contributed by atoms with Gasteiger partial charge < -0.3 is 4.57 Å². The Morgan fingerprint density at radius 3 is 3.00 bits per heavy atom. The van der Waals surface area contributed by atoms with Crippen molar-refractivity contribution >= 4 is 16.8 Å². The van der Waals surface area contributed by atoms with Gasteiger partial charge in [-0.3, -0.25) is 10.2 Å². The number of hydrogen-bond acceptors (Lipinski definition) is 2. The lowest BCUT2D eigenvalue weighted by atomic mass is 10.1. The van der Waals surface area contributed by atoms with E-state index in [1.807, 2.05) is 42.1 Å². The first-order chi connectivity index (χ1) is 7.20. The molecule has 0 spiro atoms. The standard InChI is InChI=1S/C11H13N3O/c1-14-5-4-9-3-2-8(6-10(9)14)7-11(15)13-12/h2-6H,7,12H2,1H3,(H,13,15). The van der Waals surface area contributed by atoms with Crippen LogP contribution in [0.15, 0.2) is 30.5 Å². The van der Waals surface area contributed by atoms with E-state index in [2.05, 4.69) is 5.43 Å². The molecule has 0 fully saturated rings. The van der Waals surface area contributed by atoms with Gasteiger partial charge in [-0.1, -0.05) is 12.1 Å². The summed E-state index contributed by atoms with van der Waals surface area (Å²) in [5, 5.41) is 1.18. The highest BCUT2D eigenvalue weighted by molar-refractivity contribution is 5.83. The fourth-order valence-electron chi connectivity index (χ4n) is 1.65. The number of nitrogens with one attached hydrogen (secondary N) is 1. The van der Waals surface area contributed by atoms with Crippen LogP contribution >= 0.6 is 0 Å². The molecule has 0 saturated carbocycles. The van der Waals surface area contributed by atoms with Crippen LogP contribution in [0.3, 0.4) is 0 Å². The van der Waals surface area contributed by atoms with Crippen LogP contribution in [-0.2, 0) is 18.3 Å². The Labute approximate surface area is 87.6 Å². The van der Waals surface area contributed by atoms with Crippen LogP contribution in [0.5, 0.6) is 0 Å². The topological polar surface area (TPSA) is 60.0 Å². The number of rotatable bonds is 2. The van der Waals surface area contributed by atoms with Gasteiger partial charge in [0.15, 0.2) is 0 Å². The van der Waals surface area contributed by atoms with Crippen LogP contribution in [0, 0.1) is 0 Å². The molecule has 1 heterocycles. The smallest absolute Gasteiger partial charge is 0.238 e. The first kappa shape index (κ1) is 9.73. The van der Waals surface area contributed by atoms with Crippen molar-refractivity contribution in [2.45, 2.75) is 6.42 Å². The third kappa shape index (κ3) is 1.85. The van der Waals surface area contributed by atoms with Gasteiger partial charge in [0.2, 0.25) is 5.91 Å². The van der Waals surface area contributed by atoms with Crippen LogP contribution in [0.25, 0.3) is 10.9 Å². The van der Waals surface area contributed by atoms with Crippen LogP contribution < -0.4 is 11.3 Å². The fraction of sp³-hybridized carbons (Fsp3) is 0.182. The number of carbonyl (C=O) groups excluding carboxylic acids is 1. The van der Waals surface area contributed by atoms with Crippen molar-refractivity contribution in [3.8, 4) is 0 Å². The maximum atomic E-state index is 11.1. The maximum absolute atomic E-state index is 11.1. The van der Waals surface area contributed by atoms with Crippen molar-refractivity contribution in [1.82, 2.24) is 9.99 Å². The van der Waals surface area contributed by atoms with Crippen LogP contribution in [0.1, 0.15) is 5.56 Å². The van der Waals surface area contributed by atoms with Gasteiger partial charge in [0.05, 0.1) is 6.42 Å². The zero-order valence-electron chi connectivity index (χ0n) is 8.53. The molecule has 3 N–H and O–H groups in total. The molecule has 1 aromatic heterocycles. The van der Waals surface area contributed by atoms with E-state index in [0.29, 0.717) is 6.42 Å². The molecular weight excluding hydrogens is 190 g/mol. The van der Waals surface area contributed by atoms with E-state index in [1.54, 1.807) is 0 Å². The summed E-state index contributed by atoms with van der Waals surface area (Å²) in [4.78, 5) is 11.1. The fourth-order valence-corrected chi connectivity index (χ4v) is 1.65. The highest BCUT2D eigenvalue weighted by atomic mass is 16.2. The molecule has 1 amide bonds. The average Bonchev–Trinajstić information content (AvgIpc) is 2.60. The first-order valence-electron chi connectivity index (χ1n) is 4.74. The Balaban J connectivity index is 2.37. The molecule has 0 aliphatic rings. The number of hydrogen-bond donors (Lipinski definition) is 2. The minimum Gasteiger partial charge on any atom is -0.351 e. The van der Waals surface area contributed by atoms with Gasteiger partial charge in [-0.05, 0) is 23.1 Å². The third-order valence-electron chi connectivity index (χ3n) is 2.48. The Hall–Kier alpha value is -1.81. The van der Waals surface area contributed by atoms with Gasteiger partial charge in [0.25, 0.3) is 0 Å². The summed E-state index contributed by atoms with van der Waals surface area (Å²) in [6.07, 6.45) is 2.31. The molecule has 0 bridgehead atoms. The van der Waals surface area contributed by atoms with Gasteiger partial charge in [-0.25, -0.2) is 5.84 Å². The van der Waals surface area contributed by atoms with E-state index < -0.39 is 0 Å². The van der Waals surface area contributed by atoms with E-state index in [1.165, 1.54) is 5.39 Å². The molecule has 0 aliphatic heterocycles. The molecule has 0 aliphatic carbocycles. The minimum absolute atomic E-state index is 0.177. The van der Waals surface area contributed by atoms with Crippen molar-refractivity contribution in [2.75, 3.05) is 0 Å². The van der Waals surface area contributed by atoms with Crippen molar-refractivity contribution in [3.63, 3.8) is 0 Å². The van der Waals surface area contributed by atoms with Crippen LogP contribution in [0.2, 0.25) is 0 Å². The molecule has 0 unspecified atom stereocenters. The summed E-state index contributed by atoms with van der Waals surface area (Å²) in [5.74, 6) is 4.86. The first-order valence-corrected chi connectivity index (χ1v) is 4.74. The van der Waals surface area contributed by atoms with Gasteiger partial charge in [0, 0.05) is 18.8 Å². The zero-order valence-corrected chi connectivity index (χ0v) is 8.53. The quantitative estimate of drug-likeness (QED) is 0.429. The van der Waals surface area contributed by atoms with Crippen molar-refractivity contribution in [1.29, 1.82) is 0 Å². The maximum Gasteiger partial charge on any atom is 0.238 e. The predicted octanol–water partition coefficient (Wildman–Crippen LogP) is 0.711. The molecule has 4 heteroatoms. The lowest BCUT2D eigenvalue weighted by Gasteiger charge is -2.02. The molecule has 2 aromatic rings. The summed E-state index contributed by atoms with van der Waals surface area (Å²) < 4.78 is 2.03. The average molecular weight is 203 g/mol. The molecule has 1 aromatic carbocycles. The van der Waals surface area contributed by atoms with E-state index in [-0.39, 0.29) is 5.91 Å². The molecule has 2 rings (SSSR count). The predicted molar refractivity (Wildman–Crippen MR) is 59.0 cm³/mol. The van der Waals surface area contributed by atoms with E-state index >= 15 is 0 Å². The molecule has 15 heavy (non-hydrogen) atoms. The number of aryl methyl sites for hydroxylation is 1. The Bertz CT molecular complexity index is 502. The number of fused-ring (bicyclic) bond motifs is 1. The third-order valence-corrected chi connectivity index (χ3v) is 2.48. The number of amides is 1. The van der Waals surface area contributed by atoms with Gasteiger partial charge in [-0.15, -0.1) is 0 Å². The van der Waals surface area contributed by atoms with Crippen molar-refractivity contribution in [2.24, 2.45) is 12.9 Å². The number of carbonyl (C=O) groups is 1. The Morgan fingerprint density at radius 1 is 1.47 bits per heavy atom. The highest BCUT2D eigenvalue weighted by Crippen LogP contribution is 2.16. The van der Waals surface area contributed by atoms with Gasteiger partial charge in [-0.2, -0.15) is 0 Å². The van der Waals surface area contributed by atoms with Crippen LogP contribution in [0.4, 0.5) is 0 Å². The largest absolute Gasteiger partial charge is 0.351 e. The molecule has 4 nitrogen and oxygen atoms in total. The Kier molecular flexibility index (Phi) is 2.43. The molecule has 0 atom stereocenters. The van der Waals surface area contributed by atoms with Gasteiger partial charge in [0.1, 0.15) is 0 Å². The van der Waals surface area contributed by atoms with E-state index in [4.69, 9.17) is 5.84 Å². The van der Waals surface area contributed by atoms with Gasteiger partial charge >= 0.3 is 0 Å². The Morgan fingerprint density at radius 2 is 2.27 bits per heavy atom. The summed E-state index contributed by atoms with van der Waals surface area (Å²) >= 11 is 0. The SMILES string of the molecule is Cn1ccc2ccc(CC(=O)NN)cc21. The number of benzene rings is 1. The zero-order chi connectivity index (χ0) is 10.8.